The summed E-state index contributed by atoms with van der Waals surface area (Å²) in [6, 6.07) is 2.01. The van der Waals surface area contributed by atoms with E-state index in [1.54, 1.807) is 6.20 Å². The third-order valence-corrected chi connectivity index (χ3v) is 2.45. The van der Waals surface area contributed by atoms with Gasteiger partial charge in [0.05, 0.1) is 24.2 Å². The summed E-state index contributed by atoms with van der Waals surface area (Å²) < 4.78 is 5.73. The van der Waals surface area contributed by atoms with Gasteiger partial charge in [0.15, 0.2) is 0 Å². The highest BCUT2D eigenvalue weighted by atomic mass is 16.5. The topological polar surface area (TPSA) is 34.2 Å². The Morgan fingerprint density at radius 3 is 3.00 bits per heavy atom. The van der Waals surface area contributed by atoms with Gasteiger partial charge in [-0.3, -0.25) is 4.98 Å². The lowest BCUT2D eigenvalue weighted by atomic mass is 9.96. The number of pyridine rings is 1. The van der Waals surface area contributed by atoms with E-state index in [0.717, 1.165) is 18.0 Å². The molecule has 1 heterocycles. The first kappa shape index (κ1) is 9.31. The predicted octanol–water partition coefficient (Wildman–Crippen LogP) is 2.44. The van der Waals surface area contributed by atoms with Crippen molar-refractivity contribution < 1.29 is 4.74 Å². The number of ether oxygens (including phenoxy) is 1. The van der Waals surface area contributed by atoms with Gasteiger partial charge in [0.1, 0.15) is 5.75 Å². The third-order valence-electron chi connectivity index (χ3n) is 2.45. The number of aromatic nitrogens is 1. The second kappa shape index (κ2) is 4.31. The van der Waals surface area contributed by atoms with Crippen molar-refractivity contribution in [3.05, 3.63) is 18.5 Å². The Bertz CT molecular complexity index is 297. The molecule has 1 aromatic rings. The minimum Gasteiger partial charge on any atom is -0.489 e. The minimum absolute atomic E-state index is 0.425. The molecule has 1 fully saturated rings. The molecule has 0 aromatic carbocycles. The molecule has 0 spiro atoms. The van der Waals surface area contributed by atoms with E-state index in [2.05, 4.69) is 17.2 Å². The Balaban J connectivity index is 1.97. The van der Waals surface area contributed by atoms with Crippen molar-refractivity contribution in [2.24, 2.45) is 0 Å². The van der Waals surface area contributed by atoms with Gasteiger partial charge in [0.25, 0.3) is 0 Å². The van der Waals surface area contributed by atoms with Gasteiger partial charge in [-0.15, -0.1) is 0 Å². The van der Waals surface area contributed by atoms with Crippen LogP contribution in [0.1, 0.15) is 26.2 Å². The Hall–Kier alpha value is -1.25. The number of hydrogen-bond acceptors (Lipinski definition) is 3. The van der Waals surface area contributed by atoms with Gasteiger partial charge in [0.2, 0.25) is 0 Å². The molecule has 3 nitrogen and oxygen atoms in total. The van der Waals surface area contributed by atoms with Crippen LogP contribution >= 0.6 is 0 Å². The molecule has 0 saturated heterocycles. The van der Waals surface area contributed by atoms with Crippen LogP contribution in [0, 0.1) is 0 Å². The maximum Gasteiger partial charge on any atom is 0.140 e. The molecule has 3 heteroatoms. The summed E-state index contributed by atoms with van der Waals surface area (Å²) >= 11 is 0. The van der Waals surface area contributed by atoms with Gasteiger partial charge < -0.3 is 10.1 Å². The zero-order chi connectivity index (χ0) is 9.80. The van der Waals surface area contributed by atoms with Crippen LogP contribution in [0.4, 0.5) is 5.69 Å². The second-order valence-corrected chi connectivity index (χ2v) is 3.61. The molecule has 14 heavy (non-hydrogen) atoms. The summed E-state index contributed by atoms with van der Waals surface area (Å²) in [6.07, 6.45) is 7.69. The summed E-state index contributed by atoms with van der Waals surface area (Å²) in [7, 11) is 0. The van der Waals surface area contributed by atoms with Crippen LogP contribution in [0.3, 0.4) is 0 Å². The zero-order valence-corrected chi connectivity index (χ0v) is 8.49. The van der Waals surface area contributed by atoms with Gasteiger partial charge in [-0.1, -0.05) is 0 Å². The van der Waals surface area contributed by atoms with Gasteiger partial charge in [0, 0.05) is 12.6 Å². The lowest BCUT2D eigenvalue weighted by Gasteiger charge is -2.26. The summed E-state index contributed by atoms with van der Waals surface area (Å²) in [5.41, 5.74) is 1.03. The number of anilines is 1. The SMILES string of the molecule is CCNc1cncc(OC2CCC2)c1. The number of nitrogens with one attached hydrogen (secondary N) is 1. The molecule has 0 aliphatic heterocycles. The maximum absolute atomic E-state index is 5.73. The van der Waals surface area contributed by atoms with Crippen molar-refractivity contribution in [2.45, 2.75) is 32.3 Å². The molecule has 1 aliphatic carbocycles. The molecule has 0 unspecified atom stereocenters. The van der Waals surface area contributed by atoms with Gasteiger partial charge in [-0.05, 0) is 26.2 Å². The highest BCUT2D eigenvalue weighted by Gasteiger charge is 2.19. The molecule has 0 atom stereocenters. The number of rotatable bonds is 4. The highest BCUT2D eigenvalue weighted by molar-refractivity contribution is 5.44. The molecular formula is C11H16N2O. The summed E-state index contributed by atoms with van der Waals surface area (Å²) in [4.78, 5) is 4.13. The fourth-order valence-corrected chi connectivity index (χ4v) is 1.47. The van der Waals surface area contributed by atoms with E-state index in [1.165, 1.54) is 19.3 Å². The fourth-order valence-electron chi connectivity index (χ4n) is 1.47. The lowest BCUT2D eigenvalue weighted by molar-refractivity contribution is 0.120. The summed E-state index contributed by atoms with van der Waals surface area (Å²) in [5, 5.41) is 3.21. The molecule has 1 saturated carbocycles. The highest BCUT2D eigenvalue weighted by Crippen LogP contribution is 2.25. The monoisotopic (exact) mass is 192 g/mol. The number of nitrogens with zero attached hydrogens (tertiary/aromatic N) is 1. The Morgan fingerprint density at radius 1 is 1.50 bits per heavy atom. The normalized spacial score (nSPS) is 16.1. The van der Waals surface area contributed by atoms with E-state index in [4.69, 9.17) is 4.74 Å². The molecule has 0 amide bonds. The van der Waals surface area contributed by atoms with E-state index in [-0.39, 0.29) is 0 Å². The Morgan fingerprint density at radius 2 is 2.36 bits per heavy atom. The van der Waals surface area contributed by atoms with Crippen molar-refractivity contribution >= 4 is 5.69 Å². The van der Waals surface area contributed by atoms with E-state index in [1.807, 2.05) is 12.3 Å². The molecule has 76 valence electrons. The minimum atomic E-state index is 0.425. The van der Waals surface area contributed by atoms with Crippen LogP contribution < -0.4 is 10.1 Å². The van der Waals surface area contributed by atoms with E-state index < -0.39 is 0 Å². The maximum atomic E-state index is 5.73. The average Bonchev–Trinajstić information content (AvgIpc) is 2.13. The summed E-state index contributed by atoms with van der Waals surface area (Å²) in [6.45, 7) is 2.98. The van der Waals surface area contributed by atoms with Gasteiger partial charge in [-0.25, -0.2) is 0 Å². The smallest absolute Gasteiger partial charge is 0.140 e. The van der Waals surface area contributed by atoms with E-state index >= 15 is 0 Å². The third kappa shape index (κ3) is 2.16. The quantitative estimate of drug-likeness (QED) is 0.795. The van der Waals surface area contributed by atoms with Crippen molar-refractivity contribution in [3.63, 3.8) is 0 Å². The molecular weight excluding hydrogens is 176 g/mol. The molecule has 2 rings (SSSR count). The van der Waals surface area contributed by atoms with Gasteiger partial charge >= 0.3 is 0 Å². The number of hydrogen-bond donors (Lipinski definition) is 1. The first-order chi connectivity index (χ1) is 6.88. The first-order valence-electron chi connectivity index (χ1n) is 5.24. The van der Waals surface area contributed by atoms with E-state index in [0.29, 0.717) is 6.10 Å². The molecule has 0 radical (unpaired) electrons. The fraction of sp³-hybridized carbons (Fsp3) is 0.545. The molecule has 1 aliphatic rings. The lowest BCUT2D eigenvalue weighted by Crippen LogP contribution is -2.24. The van der Waals surface area contributed by atoms with Crippen molar-refractivity contribution in [1.29, 1.82) is 0 Å². The standard InChI is InChI=1S/C11H16N2O/c1-2-13-9-6-11(8-12-7-9)14-10-4-3-5-10/h6-8,10,13H,2-5H2,1H3. The molecule has 1 N–H and O–H groups in total. The van der Waals surface area contributed by atoms with Crippen LogP contribution in [0.25, 0.3) is 0 Å². The van der Waals surface area contributed by atoms with Crippen LogP contribution in [0.5, 0.6) is 5.75 Å². The molecule has 1 aromatic heterocycles. The Kier molecular flexibility index (Phi) is 2.87. The largest absolute Gasteiger partial charge is 0.489 e. The van der Waals surface area contributed by atoms with Crippen molar-refractivity contribution in [2.75, 3.05) is 11.9 Å². The Labute approximate surface area is 84.5 Å². The van der Waals surface area contributed by atoms with Crippen LogP contribution in [-0.2, 0) is 0 Å². The predicted molar refractivity (Wildman–Crippen MR) is 56.7 cm³/mol. The molecule has 0 bridgehead atoms. The zero-order valence-electron chi connectivity index (χ0n) is 8.49. The van der Waals surface area contributed by atoms with Crippen molar-refractivity contribution in [1.82, 2.24) is 4.98 Å². The van der Waals surface area contributed by atoms with E-state index in [9.17, 15) is 0 Å². The second-order valence-electron chi connectivity index (χ2n) is 3.61. The first-order valence-corrected chi connectivity index (χ1v) is 5.24. The van der Waals surface area contributed by atoms with Gasteiger partial charge in [-0.2, -0.15) is 0 Å². The van der Waals surface area contributed by atoms with Crippen LogP contribution in [0.15, 0.2) is 18.5 Å². The summed E-state index contributed by atoms with van der Waals surface area (Å²) in [5.74, 6) is 0.883. The average molecular weight is 192 g/mol. The van der Waals surface area contributed by atoms with Crippen molar-refractivity contribution in [3.8, 4) is 5.75 Å². The van der Waals surface area contributed by atoms with Crippen LogP contribution in [-0.4, -0.2) is 17.6 Å². The van der Waals surface area contributed by atoms with Crippen LogP contribution in [0.2, 0.25) is 0 Å².